The number of nitrogens with one attached hydrogen (secondary N) is 1. The summed E-state index contributed by atoms with van der Waals surface area (Å²) in [5, 5.41) is 8.85. The first-order chi connectivity index (χ1) is 13.8. The molecule has 2 N–H and O–H groups in total. The number of likely N-dealkylation sites (tertiary alicyclic amines) is 1. The van der Waals surface area contributed by atoms with E-state index >= 15 is 0 Å². The van der Waals surface area contributed by atoms with E-state index in [1.54, 1.807) is 0 Å². The van der Waals surface area contributed by atoms with E-state index in [0.29, 0.717) is 12.0 Å². The number of hydrogen-bond donors (Lipinski definition) is 2. The van der Waals surface area contributed by atoms with Crippen molar-refractivity contribution in [3.05, 3.63) is 21.4 Å². The van der Waals surface area contributed by atoms with E-state index in [1.165, 1.54) is 15.3 Å². The van der Waals surface area contributed by atoms with Crippen LogP contribution in [0.15, 0.2) is 6.07 Å². The highest BCUT2D eigenvalue weighted by atomic mass is 32.2. The Balaban J connectivity index is 1.32. The number of piperidine rings is 1. The van der Waals surface area contributed by atoms with Crippen LogP contribution in [-0.2, 0) is 33.2 Å². The molecule has 1 saturated heterocycles. The van der Waals surface area contributed by atoms with Gasteiger partial charge in [0.05, 0.1) is 24.6 Å². The third kappa shape index (κ3) is 4.57. The summed E-state index contributed by atoms with van der Waals surface area (Å²) in [6.45, 7) is 7.12. The smallest absolute Gasteiger partial charge is 0.214 e. The number of aliphatic hydroxyl groups is 1. The van der Waals surface area contributed by atoms with Crippen LogP contribution in [0.5, 0.6) is 0 Å². The number of aryl methyl sites for hydroxylation is 1. The van der Waals surface area contributed by atoms with Gasteiger partial charge in [0, 0.05) is 41.3 Å². The average molecular weight is 443 g/mol. The lowest BCUT2D eigenvalue weighted by molar-refractivity contribution is -0.114. The van der Waals surface area contributed by atoms with Crippen LogP contribution in [0, 0.1) is 5.92 Å². The highest BCUT2D eigenvalue weighted by Gasteiger charge is 2.45. The molecule has 4 rings (SSSR count). The van der Waals surface area contributed by atoms with Gasteiger partial charge < -0.3 is 14.7 Å². The molecule has 164 valence electrons. The summed E-state index contributed by atoms with van der Waals surface area (Å²) in [5.74, 6) is 0.341. The molecule has 1 spiro atoms. The Morgan fingerprint density at radius 3 is 2.90 bits per heavy atom. The molecule has 0 amide bonds. The second-order valence-electron chi connectivity index (χ2n) is 8.99. The summed E-state index contributed by atoms with van der Waals surface area (Å²) >= 11 is 1.97. The monoisotopic (exact) mass is 442 g/mol. The Labute approximate surface area is 178 Å². The molecule has 0 radical (unpaired) electrons. The molecule has 2 atom stereocenters. The zero-order chi connectivity index (χ0) is 20.6. The Morgan fingerprint density at radius 1 is 1.41 bits per heavy atom. The van der Waals surface area contributed by atoms with Crippen LogP contribution in [0.1, 0.15) is 54.8 Å². The number of hydrogen-bond acceptors (Lipinski definition) is 6. The van der Waals surface area contributed by atoms with Crippen molar-refractivity contribution in [1.82, 2.24) is 9.62 Å². The zero-order valence-corrected chi connectivity index (χ0v) is 19.2. The predicted octanol–water partition coefficient (Wildman–Crippen LogP) is 2.25. The molecule has 1 aliphatic carbocycles. The van der Waals surface area contributed by atoms with Crippen LogP contribution in [-0.4, -0.2) is 62.6 Å². The van der Waals surface area contributed by atoms with Crippen LogP contribution in [0.2, 0.25) is 0 Å². The van der Waals surface area contributed by atoms with Crippen molar-refractivity contribution in [2.75, 3.05) is 32.1 Å². The number of ether oxygens (including phenoxy) is 1. The van der Waals surface area contributed by atoms with Crippen molar-refractivity contribution in [1.29, 1.82) is 0 Å². The highest BCUT2D eigenvalue weighted by Crippen LogP contribution is 2.46. The van der Waals surface area contributed by atoms with E-state index in [1.807, 2.05) is 11.3 Å². The van der Waals surface area contributed by atoms with E-state index in [9.17, 15) is 8.42 Å². The van der Waals surface area contributed by atoms with Crippen molar-refractivity contribution in [3.63, 3.8) is 0 Å². The largest absolute Gasteiger partial charge is 0.395 e. The normalized spacial score (nSPS) is 32.9. The molecule has 6 nitrogen and oxygen atoms in total. The molecule has 2 aliphatic heterocycles. The van der Waals surface area contributed by atoms with E-state index in [2.05, 4.69) is 29.5 Å². The maximum atomic E-state index is 11.8. The van der Waals surface area contributed by atoms with Gasteiger partial charge in [0.2, 0.25) is 10.0 Å². The Bertz CT molecular complexity index is 819. The van der Waals surface area contributed by atoms with Crippen LogP contribution < -0.4 is 4.72 Å². The predicted molar refractivity (Wildman–Crippen MR) is 116 cm³/mol. The van der Waals surface area contributed by atoms with Gasteiger partial charge in [-0.2, -0.15) is 0 Å². The Morgan fingerprint density at radius 2 is 2.21 bits per heavy atom. The SMILES string of the molecule is CCc1cc2c(s1)CCO[C@@]21CCN(CC2CC(NS(=O)(=O)CCO)C2)[C@@H](C)C1. The first-order valence-corrected chi connectivity index (χ1v) is 13.4. The summed E-state index contributed by atoms with van der Waals surface area (Å²) in [6, 6.07) is 2.90. The lowest BCUT2D eigenvalue weighted by Crippen LogP contribution is -2.54. The molecule has 2 fully saturated rings. The van der Waals surface area contributed by atoms with E-state index < -0.39 is 10.0 Å². The highest BCUT2D eigenvalue weighted by molar-refractivity contribution is 7.89. The van der Waals surface area contributed by atoms with Crippen LogP contribution in [0.4, 0.5) is 0 Å². The van der Waals surface area contributed by atoms with Crippen LogP contribution in [0.25, 0.3) is 0 Å². The molecule has 8 heteroatoms. The summed E-state index contributed by atoms with van der Waals surface area (Å²) in [4.78, 5) is 5.57. The molecule has 0 unspecified atom stereocenters. The molecule has 1 aromatic rings. The number of sulfonamides is 1. The third-order valence-corrected chi connectivity index (χ3v) is 9.64. The summed E-state index contributed by atoms with van der Waals surface area (Å²) in [5.41, 5.74) is 1.36. The minimum Gasteiger partial charge on any atom is -0.395 e. The van der Waals surface area contributed by atoms with Crippen molar-refractivity contribution in [2.24, 2.45) is 5.92 Å². The number of nitrogens with zero attached hydrogens (tertiary/aromatic N) is 1. The van der Waals surface area contributed by atoms with Gasteiger partial charge >= 0.3 is 0 Å². The molecule has 0 aromatic carbocycles. The lowest BCUT2D eigenvalue weighted by Gasteiger charge is -2.49. The lowest BCUT2D eigenvalue weighted by atomic mass is 9.77. The second kappa shape index (κ2) is 8.55. The molecule has 3 aliphatic rings. The minimum absolute atomic E-state index is 0.0329. The van der Waals surface area contributed by atoms with Crippen molar-refractivity contribution in [3.8, 4) is 0 Å². The zero-order valence-electron chi connectivity index (χ0n) is 17.5. The number of rotatable bonds is 7. The van der Waals surface area contributed by atoms with Crippen molar-refractivity contribution < 1.29 is 18.3 Å². The molecule has 29 heavy (non-hydrogen) atoms. The fourth-order valence-corrected chi connectivity index (χ4v) is 7.53. The fourth-order valence-electron chi connectivity index (χ4n) is 5.29. The van der Waals surface area contributed by atoms with Crippen molar-refractivity contribution in [2.45, 2.75) is 70.1 Å². The van der Waals surface area contributed by atoms with Gasteiger partial charge in [-0.25, -0.2) is 13.1 Å². The molecule has 0 bridgehead atoms. The fraction of sp³-hybridized carbons (Fsp3) is 0.810. The van der Waals surface area contributed by atoms with Gasteiger partial charge in [0.1, 0.15) is 0 Å². The second-order valence-corrected chi connectivity index (χ2v) is 12.1. The van der Waals surface area contributed by atoms with E-state index in [-0.39, 0.29) is 24.0 Å². The Hall–Kier alpha value is -0.510. The maximum absolute atomic E-state index is 11.8. The first kappa shape index (κ1) is 21.7. The van der Waals surface area contributed by atoms with E-state index in [4.69, 9.17) is 9.84 Å². The van der Waals surface area contributed by atoms with Crippen molar-refractivity contribution >= 4 is 21.4 Å². The molecule has 1 aromatic heterocycles. The first-order valence-electron chi connectivity index (χ1n) is 10.9. The van der Waals surface area contributed by atoms with Gasteiger partial charge in [-0.05, 0) is 56.6 Å². The van der Waals surface area contributed by atoms with Gasteiger partial charge in [-0.1, -0.05) is 6.92 Å². The Kier molecular flexibility index (Phi) is 6.40. The third-order valence-electron chi connectivity index (χ3n) is 6.89. The summed E-state index contributed by atoms with van der Waals surface area (Å²) < 4.78 is 32.7. The molecular weight excluding hydrogens is 408 g/mol. The minimum atomic E-state index is -3.34. The van der Waals surface area contributed by atoms with Gasteiger partial charge in [-0.3, -0.25) is 0 Å². The summed E-state index contributed by atoms with van der Waals surface area (Å²) in [6.07, 6.45) is 6.02. The maximum Gasteiger partial charge on any atom is 0.214 e. The number of thiophene rings is 1. The molecular formula is C21H34N2O4S2. The van der Waals surface area contributed by atoms with E-state index in [0.717, 1.165) is 58.2 Å². The van der Waals surface area contributed by atoms with Gasteiger partial charge in [-0.15, -0.1) is 11.3 Å². The molecule has 3 heterocycles. The topological polar surface area (TPSA) is 78.9 Å². The standard InChI is InChI=1S/C21H34N2O4S2/c1-3-18-12-19-20(28-18)4-8-27-21(19)5-6-23(15(2)13-21)14-16-10-17(11-16)22-29(25,26)9-7-24/h12,15-17,22,24H,3-11,13-14H2,1-2H3/t15-,16?,17?,21+/m0/s1. The van der Waals surface area contributed by atoms with Crippen LogP contribution in [0.3, 0.4) is 0 Å². The quantitative estimate of drug-likeness (QED) is 0.677. The summed E-state index contributed by atoms with van der Waals surface area (Å²) in [7, 11) is -3.34. The van der Waals surface area contributed by atoms with Gasteiger partial charge in [0.25, 0.3) is 0 Å². The molecule has 1 saturated carbocycles. The van der Waals surface area contributed by atoms with Gasteiger partial charge in [0.15, 0.2) is 0 Å². The van der Waals surface area contributed by atoms with Crippen LogP contribution >= 0.6 is 11.3 Å². The number of aliphatic hydroxyl groups excluding tert-OH is 1. The number of fused-ring (bicyclic) bond motifs is 2. The average Bonchev–Trinajstić information content (AvgIpc) is 3.07.